The van der Waals surface area contributed by atoms with E-state index in [2.05, 4.69) is 10.6 Å². The van der Waals surface area contributed by atoms with Crippen molar-refractivity contribution in [2.75, 3.05) is 0 Å². The minimum absolute atomic E-state index is 0.102. The third-order valence-electron chi connectivity index (χ3n) is 4.16. The van der Waals surface area contributed by atoms with Gasteiger partial charge >= 0.3 is 6.03 Å². The summed E-state index contributed by atoms with van der Waals surface area (Å²) < 4.78 is 5.78. The first kappa shape index (κ1) is 14.0. The van der Waals surface area contributed by atoms with Crippen LogP contribution in [0.15, 0.2) is 34.7 Å². The Morgan fingerprint density at radius 2 is 2.00 bits per heavy atom. The highest BCUT2D eigenvalue weighted by atomic mass is 16.3. The maximum atomic E-state index is 12.0. The molecule has 2 amide bonds. The van der Waals surface area contributed by atoms with Crippen LogP contribution in [-0.2, 0) is 0 Å². The maximum absolute atomic E-state index is 12.0. The Labute approximate surface area is 124 Å². The summed E-state index contributed by atoms with van der Waals surface area (Å²) in [6.07, 6.45) is 5.89. The fraction of sp³-hybridized carbons (Fsp3) is 0.471. The van der Waals surface area contributed by atoms with E-state index < -0.39 is 0 Å². The largest absolute Gasteiger partial charge is 0.459 e. The van der Waals surface area contributed by atoms with Gasteiger partial charge in [0.25, 0.3) is 0 Å². The molecule has 1 unspecified atom stereocenters. The predicted molar refractivity (Wildman–Crippen MR) is 83.2 cm³/mol. The average Bonchev–Trinajstić information content (AvgIpc) is 2.92. The lowest BCUT2D eigenvalue weighted by molar-refractivity contribution is 0.228. The minimum Gasteiger partial charge on any atom is -0.459 e. The molecular weight excluding hydrogens is 264 g/mol. The van der Waals surface area contributed by atoms with Crippen LogP contribution < -0.4 is 10.6 Å². The first-order chi connectivity index (χ1) is 10.2. The van der Waals surface area contributed by atoms with E-state index in [1.807, 2.05) is 37.3 Å². The molecule has 1 aromatic carbocycles. The molecule has 1 heterocycles. The Balaban J connectivity index is 1.59. The van der Waals surface area contributed by atoms with Crippen molar-refractivity contribution in [2.24, 2.45) is 0 Å². The molecule has 0 bridgehead atoms. The molecule has 112 valence electrons. The number of furan rings is 1. The molecule has 1 aliphatic rings. The molecule has 0 radical (unpaired) electrons. The van der Waals surface area contributed by atoms with Gasteiger partial charge in [0.05, 0.1) is 6.04 Å². The number of benzene rings is 1. The zero-order valence-corrected chi connectivity index (χ0v) is 12.4. The van der Waals surface area contributed by atoms with E-state index >= 15 is 0 Å². The third-order valence-corrected chi connectivity index (χ3v) is 4.16. The molecule has 1 saturated carbocycles. The van der Waals surface area contributed by atoms with E-state index in [0.717, 1.165) is 29.6 Å². The number of carbonyl (C=O) groups is 1. The average molecular weight is 286 g/mol. The fourth-order valence-corrected chi connectivity index (χ4v) is 2.96. The summed E-state index contributed by atoms with van der Waals surface area (Å²) in [7, 11) is 0. The van der Waals surface area contributed by atoms with E-state index in [0.29, 0.717) is 6.04 Å². The SMILES string of the molecule is CC(NC(=O)NC1CCCCC1)c1cc2ccccc2o1. The van der Waals surface area contributed by atoms with Gasteiger partial charge in [-0.05, 0) is 31.9 Å². The number of fused-ring (bicyclic) bond motifs is 1. The minimum atomic E-state index is -0.138. The molecule has 0 spiro atoms. The number of hydrogen-bond acceptors (Lipinski definition) is 2. The monoisotopic (exact) mass is 286 g/mol. The molecule has 2 N–H and O–H groups in total. The quantitative estimate of drug-likeness (QED) is 0.891. The number of rotatable bonds is 3. The lowest BCUT2D eigenvalue weighted by atomic mass is 9.96. The molecule has 3 rings (SSSR count). The van der Waals surface area contributed by atoms with E-state index in [4.69, 9.17) is 4.42 Å². The molecule has 1 aliphatic carbocycles. The van der Waals surface area contributed by atoms with Crippen LogP contribution >= 0.6 is 0 Å². The van der Waals surface area contributed by atoms with Gasteiger partial charge in [-0.25, -0.2) is 4.79 Å². The Morgan fingerprint density at radius 3 is 2.76 bits per heavy atom. The zero-order valence-electron chi connectivity index (χ0n) is 12.4. The number of nitrogens with one attached hydrogen (secondary N) is 2. The van der Waals surface area contributed by atoms with Gasteiger partial charge in [-0.3, -0.25) is 0 Å². The Bertz CT molecular complexity index is 581. The summed E-state index contributed by atoms with van der Waals surface area (Å²) in [5.74, 6) is 0.787. The van der Waals surface area contributed by atoms with Crippen molar-refractivity contribution in [3.63, 3.8) is 0 Å². The standard InChI is InChI=1S/C17H22N2O2/c1-12(16-11-13-7-5-6-10-15(13)21-16)18-17(20)19-14-8-3-2-4-9-14/h5-7,10-12,14H,2-4,8-9H2,1H3,(H2,18,19,20). The summed E-state index contributed by atoms with van der Waals surface area (Å²) in [4.78, 5) is 12.0. The van der Waals surface area contributed by atoms with Crippen LogP contribution in [0.4, 0.5) is 4.79 Å². The second kappa shape index (κ2) is 6.20. The van der Waals surface area contributed by atoms with Crippen molar-refractivity contribution >= 4 is 17.0 Å². The van der Waals surface area contributed by atoms with Gasteiger partial charge in [-0.1, -0.05) is 37.5 Å². The normalized spacial score (nSPS) is 17.6. The smallest absolute Gasteiger partial charge is 0.315 e. The molecule has 1 aromatic heterocycles. The van der Waals surface area contributed by atoms with Crippen molar-refractivity contribution < 1.29 is 9.21 Å². The van der Waals surface area contributed by atoms with Crippen LogP contribution in [0.2, 0.25) is 0 Å². The van der Waals surface area contributed by atoms with Crippen LogP contribution in [0.3, 0.4) is 0 Å². The van der Waals surface area contributed by atoms with Crippen molar-refractivity contribution in [1.82, 2.24) is 10.6 Å². The van der Waals surface area contributed by atoms with Crippen LogP contribution in [-0.4, -0.2) is 12.1 Å². The molecule has 21 heavy (non-hydrogen) atoms. The topological polar surface area (TPSA) is 54.3 Å². The van der Waals surface area contributed by atoms with Crippen molar-refractivity contribution in [1.29, 1.82) is 0 Å². The number of urea groups is 1. The molecule has 0 aliphatic heterocycles. The fourth-order valence-electron chi connectivity index (χ4n) is 2.96. The molecule has 1 fully saturated rings. The lowest BCUT2D eigenvalue weighted by Crippen LogP contribution is -2.43. The third kappa shape index (κ3) is 3.38. The van der Waals surface area contributed by atoms with Gasteiger partial charge in [-0.15, -0.1) is 0 Å². The molecule has 1 atom stereocenters. The summed E-state index contributed by atoms with van der Waals surface area (Å²) in [5, 5.41) is 7.09. The maximum Gasteiger partial charge on any atom is 0.315 e. The number of hydrogen-bond donors (Lipinski definition) is 2. The summed E-state index contributed by atoms with van der Waals surface area (Å²) >= 11 is 0. The molecule has 4 heteroatoms. The second-order valence-corrected chi connectivity index (χ2v) is 5.86. The van der Waals surface area contributed by atoms with Gasteiger partial charge in [0.2, 0.25) is 0 Å². The van der Waals surface area contributed by atoms with Gasteiger partial charge in [-0.2, -0.15) is 0 Å². The van der Waals surface area contributed by atoms with E-state index in [-0.39, 0.29) is 12.1 Å². The predicted octanol–water partition coefficient (Wildman–Crippen LogP) is 4.13. The lowest BCUT2D eigenvalue weighted by Gasteiger charge is -2.23. The summed E-state index contributed by atoms with van der Waals surface area (Å²) in [5.41, 5.74) is 0.855. The van der Waals surface area contributed by atoms with Crippen molar-refractivity contribution in [3.8, 4) is 0 Å². The second-order valence-electron chi connectivity index (χ2n) is 5.86. The van der Waals surface area contributed by atoms with Gasteiger partial charge < -0.3 is 15.1 Å². The van der Waals surface area contributed by atoms with Crippen molar-refractivity contribution in [3.05, 3.63) is 36.1 Å². The van der Waals surface area contributed by atoms with Crippen LogP contribution in [0.1, 0.15) is 50.8 Å². The summed E-state index contributed by atoms with van der Waals surface area (Å²) in [6.45, 7) is 1.94. The molecular formula is C17H22N2O2. The highest BCUT2D eigenvalue weighted by Crippen LogP contribution is 2.23. The van der Waals surface area contributed by atoms with Crippen LogP contribution in [0.25, 0.3) is 11.0 Å². The zero-order chi connectivity index (χ0) is 14.7. The highest BCUT2D eigenvalue weighted by Gasteiger charge is 2.18. The Kier molecular flexibility index (Phi) is 4.13. The molecule has 2 aromatic rings. The van der Waals surface area contributed by atoms with Gasteiger partial charge in [0, 0.05) is 11.4 Å². The number of para-hydroxylation sites is 1. The van der Waals surface area contributed by atoms with Crippen molar-refractivity contribution in [2.45, 2.75) is 51.1 Å². The first-order valence-electron chi connectivity index (χ1n) is 7.78. The molecule has 4 nitrogen and oxygen atoms in total. The van der Waals surface area contributed by atoms with E-state index in [1.165, 1.54) is 19.3 Å². The van der Waals surface area contributed by atoms with E-state index in [1.54, 1.807) is 0 Å². The van der Waals surface area contributed by atoms with E-state index in [9.17, 15) is 4.79 Å². The van der Waals surface area contributed by atoms with Crippen LogP contribution in [0, 0.1) is 0 Å². The summed E-state index contributed by atoms with van der Waals surface area (Å²) in [6, 6.07) is 9.95. The van der Waals surface area contributed by atoms with Gasteiger partial charge in [0.15, 0.2) is 0 Å². The van der Waals surface area contributed by atoms with Gasteiger partial charge in [0.1, 0.15) is 11.3 Å². The Hall–Kier alpha value is -1.97. The highest BCUT2D eigenvalue weighted by molar-refractivity contribution is 5.78. The Morgan fingerprint density at radius 1 is 1.24 bits per heavy atom. The number of amides is 2. The van der Waals surface area contributed by atoms with Crippen LogP contribution in [0.5, 0.6) is 0 Å². The first-order valence-corrected chi connectivity index (χ1v) is 7.78. The molecule has 0 saturated heterocycles. The number of carbonyl (C=O) groups excluding carboxylic acids is 1.